The smallest absolute Gasteiger partial charge is 0.207 e. The molecular formula is C9H14N2O2. The van der Waals surface area contributed by atoms with E-state index in [0.29, 0.717) is 6.41 Å². The Hall–Kier alpha value is -1.32. The van der Waals surface area contributed by atoms with Crippen molar-refractivity contribution in [2.24, 2.45) is 0 Å². The van der Waals surface area contributed by atoms with Crippen molar-refractivity contribution < 1.29 is 9.32 Å². The first-order chi connectivity index (χ1) is 6.38. The van der Waals surface area contributed by atoms with Gasteiger partial charge in [0, 0.05) is 6.07 Å². The summed E-state index contributed by atoms with van der Waals surface area (Å²) >= 11 is 0. The molecular weight excluding hydrogens is 168 g/mol. The second-order valence-corrected chi connectivity index (χ2v) is 2.90. The fourth-order valence-electron chi connectivity index (χ4n) is 1.21. The average Bonchev–Trinajstić information content (AvgIpc) is 2.65. The third-order valence-corrected chi connectivity index (χ3v) is 1.93. The van der Waals surface area contributed by atoms with Crippen LogP contribution in [0.1, 0.15) is 37.9 Å². The van der Waals surface area contributed by atoms with Gasteiger partial charge in [-0.25, -0.2) is 0 Å². The maximum atomic E-state index is 10.3. The number of carbonyl (C=O) groups excluding carboxylic acids is 1. The lowest BCUT2D eigenvalue weighted by Crippen LogP contribution is -2.19. The fourth-order valence-corrected chi connectivity index (χ4v) is 1.21. The third-order valence-electron chi connectivity index (χ3n) is 1.93. The van der Waals surface area contributed by atoms with E-state index in [2.05, 4.69) is 17.4 Å². The summed E-state index contributed by atoms with van der Waals surface area (Å²) in [5.74, 6) is 0. The van der Waals surface area contributed by atoms with Gasteiger partial charge in [-0.1, -0.05) is 24.9 Å². The molecule has 0 aliphatic heterocycles. The van der Waals surface area contributed by atoms with E-state index in [0.717, 1.165) is 25.0 Å². The lowest BCUT2D eigenvalue weighted by molar-refractivity contribution is -0.110. The molecule has 0 radical (unpaired) electrons. The van der Waals surface area contributed by atoms with Crippen LogP contribution < -0.4 is 5.32 Å². The summed E-state index contributed by atoms with van der Waals surface area (Å²) in [6, 6.07) is 1.77. The Morgan fingerprint density at radius 1 is 1.77 bits per heavy atom. The lowest BCUT2D eigenvalue weighted by Gasteiger charge is -2.11. The number of nitrogens with zero attached hydrogens (tertiary/aromatic N) is 1. The number of hydrogen-bond donors (Lipinski definition) is 1. The highest BCUT2D eigenvalue weighted by Crippen LogP contribution is 2.16. The summed E-state index contributed by atoms with van der Waals surface area (Å²) in [4.78, 5) is 10.3. The number of unbranched alkanes of at least 4 members (excludes halogenated alkanes) is 1. The molecule has 0 aromatic carbocycles. The van der Waals surface area contributed by atoms with Crippen LogP contribution in [0.5, 0.6) is 0 Å². The van der Waals surface area contributed by atoms with E-state index in [9.17, 15) is 4.79 Å². The van der Waals surface area contributed by atoms with E-state index in [-0.39, 0.29) is 6.04 Å². The summed E-state index contributed by atoms with van der Waals surface area (Å²) < 4.78 is 4.72. The van der Waals surface area contributed by atoms with Crippen LogP contribution in [0.3, 0.4) is 0 Å². The molecule has 0 spiro atoms. The molecule has 1 aromatic heterocycles. The molecule has 72 valence electrons. The van der Waals surface area contributed by atoms with E-state index >= 15 is 0 Å². The SMILES string of the molecule is CCCCC(NC=O)c1ccon1. The second-order valence-electron chi connectivity index (χ2n) is 2.90. The minimum absolute atomic E-state index is 0.00352. The first-order valence-corrected chi connectivity index (χ1v) is 4.48. The van der Waals surface area contributed by atoms with Crippen molar-refractivity contribution in [3.8, 4) is 0 Å². The van der Waals surface area contributed by atoms with Crippen LogP contribution >= 0.6 is 0 Å². The van der Waals surface area contributed by atoms with Gasteiger partial charge in [-0.15, -0.1) is 0 Å². The van der Waals surface area contributed by atoms with Gasteiger partial charge < -0.3 is 9.84 Å². The van der Waals surface area contributed by atoms with E-state index in [4.69, 9.17) is 4.52 Å². The number of amides is 1. The Morgan fingerprint density at radius 2 is 2.62 bits per heavy atom. The van der Waals surface area contributed by atoms with Crippen molar-refractivity contribution in [3.63, 3.8) is 0 Å². The Morgan fingerprint density at radius 3 is 3.15 bits per heavy atom. The van der Waals surface area contributed by atoms with Crippen LogP contribution in [0.15, 0.2) is 16.9 Å². The molecule has 13 heavy (non-hydrogen) atoms. The number of aromatic nitrogens is 1. The van der Waals surface area contributed by atoms with Crippen molar-refractivity contribution in [1.82, 2.24) is 10.5 Å². The molecule has 1 unspecified atom stereocenters. The number of hydrogen-bond acceptors (Lipinski definition) is 3. The van der Waals surface area contributed by atoms with Crippen LogP contribution in [0.25, 0.3) is 0 Å². The Labute approximate surface area is 77.3 Å². The summed E-state index contributed by atoms with van der Waals surface area (Å²) in [6.07, 6.45) is 5.30. The van der Waals surface area contributed by atoms with Gasteiger partial charge in [0.15, 0.2) is 0 Å². The summed E-state index contributed by atoms with van der Waals surface area (Å²) in [5.41, 5.74) is 0.792. The van der Waals surface area contributed by atoms with Gasteiger partial charge in [0.05, 0.1) is 6.04 Å². The van der Waals surface area contributed by atoms with Crippen LogP contribution in [-0.4, -0.2) is 11.6 Å². The standard InChI is InChI=1S/C9H14N2O2/c1-2-3-4-8(10-7-12)9-5-6-13-11-9/h5-8H,2-4H2,1H3,(H,10,12). The van der Waals surface area contributed by atoms with Crippen LogP contribution in [0.2, 0.25) is 0 Å². The van der Waals surface area contributed by atoms with Gasteiger partial charge >= 0.3 is 0 Å². The minimum Gasteiger partial charge on any atom is -0.364 e. The van der Waals surface area contributed by atoms with Crippen LogP contribution in [-0.2, 0) is 4.79 Å². The summed E-state index contributed by atoms with van der Waals surface area (Å²) in [6.45, 7) is 2.11. The molecule has 1 N–H and O–H groups in total. The molecule has 0 saturated carbocycles. The van der Waals surface area contributed by atoms with E-state index in [1.54, 1.807) is 6.07 Å². The minimum atomic E-state index is -0.00352. The van der Waals surface area contributed by atoms with Gasteiger partial charge in [0.1, 0.15) is 12.0 Å². The topological polar surface area (TPSA) is 55.1 Å². The van der Waals surface area contributed by atoms with Crippen molar-refractivity contribution >= 4 is 6.41 Å². The molecule has 0 saturated heterocycles. The van der Waals surface area contributed by atoms with Gasteiger partial charge in [0.2, 0.25) is 6.41 Å². The molecule has 1 amide bonds. The Bertz CT molecular complexity index is 234. The zero-order chi connectivity index (χ0) is 9.52. The predicted molar refractivity (Wildman–Crippen MR) is 48.0 cm³/mol. The van der Waals surface area contributed by atoms with E-state index in [1.165, 1.54) is 6.26 Å². The van der Waals surface area contributed by atoms with Gasteiger partial charge in [-0.05, 0) is 6.42 Å². The van der Waals surface area contributed by atoms with Crippen LogP contribution in [0.4, 0.5) is 0 Å². The lowest BCUT2D eigenvalue weighted by atomic mass is 10.1. The van der Waals surface area contributed by atoms with Gasteiger partial charge in [-0.3, -0.25) is 4.79 Å². The van der Waals surface area contributed by atoms with Gasteiger partial charge in [0.25, 0.3) is 0 Å². The molecule has 4 nitrogen and oxygen atoms in total. The maximum absolute atomic E-state index is 10.3. The first kappa shape index (κ1) is 9.77. The highest BCUT2D eigenvalue weighted by Gasteiger charge is 2.11. The average molecular weight is 182 g/mol. The van der Waals surface area contributed by atoms with Crippen molar-refractivity contribution in [2.75, 3.05) is 0 Å². The largest absolute Gasteiger partial charge is 0.364 e. The van der Waals surface area contributed by atoms with Crippen LogP contribution in [0, 0.1) is 0 Å². The highest BCUT2D eigenvalue weighted by molar-refractivity contribution is 5.47. The quantitative estimate of drug-likeness (QED) is 0.680. The highest BCUT2D eigenvalue weighted by atomic mass is 16.5. The fraction of sp³-hybridized carbons (Fsp3) is 0.556. The molecule has 1 heterocycles. The Kier molecular flexibility index (Phi) is 4.02. The molecule has 0 fully saturated rings. The second kappa shape index (κ2) is 5.35. The number of rotatable bonds is 6. The molecule has 0 bridgehead atoms. The van der Waals surface area contributed by atoms with Crippen molar-refractivity contribution in [3.05, 3.63) is 18.0 Å². The number of nitrogens with one attached hydrogen (secondary N) is 1. The number of carbonyl (C=O) groups is 1. The molecule has 4 heteroatoms. The molecule has 1 rings (SSSR count). The zero-order valence-electron chi connectivity index (χ0n) is 7.69. The maximum Gasteiger partial charge on any atom is 0.207 e. The van der Waals surface area contributed by atoms with Gasteiger partial charge in [-0.2, -0.15) is 0 Å². The molecule has 1 aromatic rings. The first-order valence-electron chi connectivity index (χ1n) is 4.48. The van der Waals surface area contributed by atoms with Crippen molar-refractivity contribution in [1.29, 1.82) is 0 Å². The molecule has 1 atom stereocenters. The predicted octanol–water partition coefficient (Wildman–Crippen LogP) is 1.65. The van der Waals surface area contributed by atoms with E-state index in [1.807, 2.05) is 0 Å². The molecule has 0 aliphatic rings. The Balaban J connectivity index is 2.51. The van der Waals surface area contributed by atoms with Crippen molar-refractivity contribution in [2.45, 2.75) is 32.2 Å². The third kappa shape index (κ3) is 2.89. The van der Waals surface area contributed by atoms with E-state index < -0.39 is 0 Å². The molecule has 0 aliphatic carbocycles. The normalized spacial score (nSPS) is 12.4. The monoisotopic (exact) mass is 182 g/mol. The summed E-state index contributed by atoms with van der Waals surface area (Å²) in [5, 5.41) is 6.51. The summed E-state index contributed by atoms with van der Waals surface area (Å²) in [7, 11) is 0. The zero-order valence-corrected chi connectivity index (χ0v) is 7.69.